The summed E-state index contributed by atoms with van der Waals surface area (Å²) in [6, 6.07) is 8.00. The Morgan fingerprint density at radius 2 is 1.83 bits per heavy atom. The molecule has 0 saturated carbocycles. The SMILES string of the molecule is CC(C(=O)N(C)Cc1ccc(N2CCOCC2)cc1)S(C)(=O)=O. The molecule has 1 saturated heterocycles. The highest BCUT2D eigenvalue weighted by Crippen LogP contribution is 2.17. The van der Waals surface area contributed by atoms with Crippen LogP contribution in [-0.2, 0) is 25.9 Å². The monoisotopic (exact) mass is 340 g/mol. The average molecular weight is 340 g/mol. The van der Waals surface area contributed by atoms with E-state index >= 15 is 0 Å². The van der Waals surface area contributed by atoms with Gasteiger partial charge in [-0.1, -0.05) is 12.1 Å². The number of morpholine rings is 1. The van der Waals surface area contributed by atoms with Gasteiger partial charge in [-0.15, -0.1) is 0 Å². The van der Waals surface area contributed by atoms with E-state index in [0.717, 1.165) is 43.8 Å². The normalized spacial score (nSPS) is 16.9. The Hall–Kier alpha value is -1.60. The third-order valence-corrected chi connectivity index (χ3v) is 5.58. The molecule has 0 aliphatic carbocycles. The van der Waals surface area contributed by atoms with Crippen LogP contribution in [0.2, 0.25) is 0 Å². The predicted molar refractivity (Wildman–Crippen MR) is 90.3 cm³/mol. The van der Waals surface area contributed by atoms with Crippen molar-refractivity contribution in [3.8, 4) is 0 Å². The molecule has 0 spiro atoms. The summed E-state index contributed by atoms with van der Waals surface area (Å²) in [5.74, 6) is -0.384. The van der Waals surface area contributed by atoms with Crippen LogP contribution in [-0.4, -0.2) is 64.1 Å². The van der Waals surface area contributed by atoms with Crippen LogP contribution in [0.5, 0.6) is 0 Å². The van der Waals surface area contributed by atoms with E-state index < -0.39 is 15.1 Å². The summed E-state index contributed by atoms with van der Waals surface area (Å²) in [5, 5.41) is -1.01. The number of sulfone groups is 1. The molecular weight excluding hydrogens is 316 g/mol. The zero-order valence-corrected chi connectivity index (χ0v) is 14.7. The van der Waals surface area contributed by atoms with E-state index in [2.05, 4.69) is 4.90 Å². The van der Waals surface area contributed by atoms with Crippen molar-refractivity contribution in [2.24, 2.45) is 0 Å². The second-order valence-electron chi connectivity index (χ2n) is 5.93. The van der Waals surface area contributed by atoms with Gasteiger partial charge in [0.05, 0.1) is 13.2 Å². The van der Waals surface area contributed by atoms with Gasteiger partial charge in [-0.05, 0) is 24.6 Å². The summed E-state index contributed by atoms with van der Waals surface area (Å²) in [7, 11) is -1.75. The van der Waals surface area contributed by atoms with Crippen molar-refractivity contribution in [1.82, 2.24) is 4.90 Å². The zero-order chi connectivity index (χ0) is 17.0. The Morgan fingerprint density at radius 1 is 1.26 bits per heavy atom. The largest absolute Gasteiger partial charge is 0.378 e. The standard InChI is InChI=1S/C16H24N2O4S/c1-13(23(3,20)21)16(19)17(2)12-14-4-6-15(7-5-14)18-8-10-22-11-9-18/h4-7,13H,8-12H2,1-3H3. The van der Waals surface area contributed by atoms with Crippen molar-refractivity contribution in [1.29, 1.82) is 0 Å². The van der Waals surface area contributed by atoms with E-state index in [1.54, 1.807) is 7.05 Å². The Bertz CT molecular complexity index is 637. The molecule has 0 aromatic heterocycles. The van der Waals surface area contributed by atoms with Gasteiger partial charge in [0.2, 0.25) is 5.91 Å². The maximum Gasteiger partial charge on any atom is 0.240 e. The molecule has 1 fully saturated rings. The van der Waals surface area contributed by atoms with Gasteiger partial charge < -0.3 is 14.5 Å². The smallest absolute Gasteiger partial charge is 0.240 e. The van der Waals surface area contributed by atoms with Gasteiger partial charge in [-0.2, -0.15) is 0 Å². The van der Waals surface area contributed by atoms with E-state index in [4.69, 9.17) is 4.74 Å². The Balaban J connectivity index is 1.98. The van der Waals surface area contributed by atoms with Crippen molar-refractivity contribution in [2.75, 3.05) is 44.5 Å². The number of hydrogen-bond donors (Lipinski definition) is 0. The molecule has 128 valence electrons. The molecule has 0 radical (unpaired) electrons. The number of amides is 1. The minimum atomic E-state index is -3.37. The molecular formula is C16H24N2O4S. The molecule has 7 heteroatoms. The number of carbonyl (C=O) groups excluding carboxylic acids is 1. The van der Waals surface area contributed by atoms with E-state index in [9.17, 15) is 13.2 Å². The molecule has 1 aliphatic heterocycles. The summed E-state index contributed by atoms with van der Waals surface area (Å²) >= 11 is 0. The zero-order valence-electron chi connectivity index (χ0n) is 13.9. The van der Waals surface area contributed by atoms with E-state index in [1.807, 2.05) is 24.3 Å². The summed E-state index contributed by atoms with van der Waals surface area (Å²) in [4.78, 5) is 15.8. The molecule has 1 aliphatic rings. The molecule has 1 aromatic rings. The number of ether oxygens (including phenoxy) is 1. The first-order valence-electron chi connectivity index (χ1n) is 7.64. The lowest BCUT2D eigenvalue weighted by Gasteiger charge is -2.29. The summed E-state index contributed by atoms with van der Waals surface area (Å²) in [6.07, 6.45) is 1.08. The Morgan fingerprint density at radius 3 is 2.35 bits per heavy atom. The minimum Gasteiger partial charge on any atom is -0.378 e. The molecule has 1 heterocycles. The van der Waals surface area contributed by atoms with Crippen molar-refractivity contribution >= 4 is 21.4 Å². The first-order chi connectivity index (χ1) is 10.8. The topological polar surface area (TPSA) is 66.9 Å². The predicted octanol–water partition coefficient (Wildman–Crippen LogP) is 0.915. The van der Waals surface area contributed by atoms with Gasteiger partial charge in [0, 0.05) is 38.6 Å². The number of benzene rings is 1. The Kier molecular flexibility index (Phi) is 5.64. The van der Waals surface area contributed by atoms with Crippen LogP contribution in [0.3, 0.4) is 0 Å². The van der Waals surface area contributed by atoms with Crippen LogP contribution < -0.4 is 4.90 Å². The molecule has 23 heavy (non-hydrogen) atoms. The van der Waals surface area contributed by atoms with Crippen molar-refractivity contribution in [2.45, 2.75) is 18.7 Å². The van der Waals surface area contributed by atoms with Gasteiger partial charge >= 0.3 is 0 Å². The fraction of sp³-hybridized carbons (Fsp3) is 0.562. The Labute approximate surface area is 137 Å². The highest BCUT2D eigenvalue weighted by atomic mass is 32.2. The number of anilines is 1. The van der Waals surface area contributed by atoms with E-state index in [0.29, 0.717) is 6.54 Å². The van der Waals surface area contributed by atoms with Gasteiger partial charge in [0.25, 0.3) is 0 Å². The van der Waals surface area contributed by atoms with Crippen molar-refractivity contribution in [3.63, 3.8) is 0 Å². The second kappa shape index (κ2) is 7.31. The first-order valence-corrected chi connectivity index (χ1v) is 9.60. The molecule has 2 rings (SSSR count). The highest BCUT2D eigenvalue weighted by Gasteiger charge is 2.26. The number of carbonyl (C=O) groups is 1. The molecule has 1 aromatic carbocycles. The molecule has 6 nitrogen and oxygen atoms in total. The lowest BCUT2D eigenvalue weighted by Crippen LogP contribution is -2.38. The summed E-state index contributed by atoms with van der Waals surface area (Å²) in [5.41, 5.74) is 2.11. The molecule has 0 bridgehead atoms. The van der Waals surface area contributed by atoms with Crippen LogP contribution in [0.1, 0.15) is 12.5 Å². The second-order valence-corrected chi connectivity index (χ2v) is 8.30. The fourth-order valence-corrected chi connectivity index (χ4v) is 3.03. The lowest BCUT2D eigenvalue weighted by atomic mass is 10.1. The van der Waals surface area contributed by atoms with Gasteiger partial charge in [0.1, 0.15) is 5.25 Å². The molecule has 1 atom stereocenters. The van der Waals surface area contributed by atoms with Crippen molar-refractivity contribution < 1.29 is 17.9 Å². The van der Waals surface area contributed by atoms with E-state index in [1.165, 1.54) is 11.8 Å². The highest BCUT2D eigenvalue weighted by molar-refractivity contribution is 7.92. The third-order valence-electron chi connectivity index (χ3n) is 4.10. The fourth-order valence-electron chi connectivity index (χ4n) is 2.48. The van der Waals surface area contributed by atoms with Crippen LogP contribution in [0.25, 0.3) is 0 Å². The molecule has 0 N–H and O–H groups in total. The first kappa shape index (κ1) is 17.7. The van der Waals surface area contributed by atoms with Gasteiger partial charge in [-0.3, -0.25) is 4.79 Å². The minimum absolute atomic E-state index is 0.384. The van der Waals surface area contributed by atoms with Gasteiger partial charge in [0.15, 0.2) is 9.84 Å². The number of hydrogen-bond acceptors (Lipinski definition) is 5. The number of rotatable bonds is 5. The molecule has 1 unspecified atom stereocenters. The summed E-state index contributed by atoms with van der Waals surface area (Å²) in [6.45, 7) is 5.05. The summed E-state index contributed by atoms with van der Waals surface area (Å²) < 4.78 is 28.3. The maximum atomic E-state index is 12.1. The van der Waals surface area contributed by atoms with Gasteiger partial charge in [-0.25, -0.2) is 8.42 Å². The third kappa shape index (κ3) is 4.68. The maximum absolute atomic E-state index is 12.1. The number of nitrogens with zero attached hydrogens (tertiary/aromatic N) is 2. The van der Waals surface area contributed by atoms with Crippen LogP contribution in [0.15, 0.2) is 24.3 Å². The lowest BCUT2D eigenvalue weighted by molar-refractivity contribution is -0.129. The van der Waals surface area contributed by atoms with Crippen molar-refractivity contribution in [3.05, 3.63) is 29.8 Å². The average Bonchev–Trinajstić information content (AvgIpc) is 2.54. The quantitative estimate of drug-likeness (QED) is 0.797. The van der Waals surface area contributed by atoms with Crippen LogP contribution in [0.4, 0.5) is 5.69 Å². The molecule has 1 amide bonds. The van der Waals surface area contributed by atoms with Crippen LogP contribution in [0, 0.1) is 0 Å². The van der Waals surface area contributed by atoms with Crippen LogP contribution >= 0.6 is 0 Å². The van der Waals surface area contributed by atoms with E-state index in [-0.39, 0.29) is 5.91 Å².